The molecule has 1 heterocycles. The normalized spacial score (nSPS) is 11.9. The smallest absolute Gasteiger partial charge is 0.241 e. The van der Waals surface area contributed by atoms with E-state index in [0.29, 0.717) is 31.0 Å². The number of nitrogens with one attached hydrogen (secondary N) is 1. The van der Waals surface area contributed by atoms with E-state index in [9.17, 15) is 4.79 Å². The molecular formula is C15H21N5O2S. The molecule has 0 saturated heterocycles. The van der Waals surface area contributed by atoms with Crippen molar-refractivity contribution in [2.24, 2.45) is 5.73 Å². The summed E-state index contributed by atoms with van der Waals surface area (Å²) in [5.41, 5.74) is 6.53. The van der Waals surface area contributed by atoms with E-state index in [1.54, 1.807) is 28.8 Å². The molecule has 23 heavy (non-hydrogen) atoms. The van der Waals surface area contributed by atoms with Crippen molar-refractivity contribution in [2.75, 3.05) is 23.9 Å². The second kappa shape index (κ2) is 9.16. The highest BCUT2D eigenvalue weighted by molar-refractivity contribution is 7.98. The van der Waals surface area contributed by atoms with E-state index in [1.165, 1.54) is 6.33 Å². The molecule has 1 aromatic carbocycles. The van der Waals surface area contributed by atoms with Gasteiger partial charge in [-0.25, -0.2) is 9.67 Å². The Hall–Kier alpha value is -2.06. The molecule has 1 atom stereocenters. The fraction of sp³-hybridized carbons (Fsp3) is 0.400. The second-order valence-electron chi connectivity index (χ2n) is 4.91. The molecule has 0 saturated carbocycles. The van der Waals surface area contributed by atoms with Gasteiger partial charge in [0.15, 0.2) is 0 Å². The molecule has 2 aromatic rings. The number of ether oxygens (including phenoxy) is 1. The predicted octanol–water partition coefficient (Wildman–Crippen LogP) is 1.38. The number of carbonyl (C=O) groups excluding carboxylic acids is 1. The summed E-state index contributed by atoms with van der Waals surface area (Å²) in [4.78, 5) is 15.9. The number of benzene rings is 1. The van der Waals surface area contributed by atoms with Crippen LogP contribution in [0.15, 0.2) is 36.9 Å². The van der Waals surface area contributed by atoms with Gasteiger partial charge in [0.2, 0.25) is 5.91 Å². The zero-order chi connectivity index (χ0) is 16.5. The van der Waals surface area contributed by atoms with Gasteiger partial charge in [-0.2, -0.15) is 16.9 Å². The molecule has 0 aliphatic heterocycles. The third kappa shape index (κ3) is 5.91. The molecule has 0 aliphatic carbocycles. The lowest BCUT2D eigenvalue weighted by Gasteiger charge is -2.13. The van der Waals surface area contributed by atoms with Crippen LogP contribution in [0.3, 0.4) is 0 Å². The van der Waals surface area contributed by atoms with Crippen LogP contribution in [0.5, 0.6) is 5.75 Å². The van der Waals surface area contributed by atoms with Crippen LogP contribution in [0, 0.1) is 0 Å². The van der Waals surface area contributed by atoms with Crippen molar-refractivity contribution in [3.8, 4) is 5.75 Å². The quantitative estimate of drug-likeness (QED) is 0.719. The lowest BCUT2D eigenvalue weighted by molar-refractivity contribution is -0.117. The number of hydrogen-bond donors (Lipinski definition) is 2. The van der Waals surface area contributed by atoms with Crippen molar-refractivity contribution < 1.29 is 9.53 Å². The molecule has 2 rings (SSSR count). The summed E-state index contributed by atoms with van der Waals surface area (Å²) in [7, 11) is 0. The standard InChI is InChI=1S/C15H21N5O2S/c1-23-8-5-14(16)15(21)19-12-3-2-4-13(9-12)22-7-6-20-11-17-10-18-20/h2-4,9-11,14H,5-8,16H2,1H3,(H,19,21)/t14-/m0/s1. The maximum Gasteiger partial charge on any atom is 0.241 e. The zero-order valence-electron chi connectivity index (χ0n) is 13.0. The van der Waals surface area contributed by atoms with Crippen LogP contribution in [0.4, 0.5) is 5.69 Å². The van der Waals surface area contributed by atoms with Gasteiger partial charge in [-0.3, -0.25) is 4.79 Å². The summed E-state index contributed by atoms with van der Waals surface area (Å²) in [6.45, 7) is 1.07. The van der Waals surface area contributed by atoms with E-state index in [4.69, 9.17) is 10.5 Å². The number of aromatic nitrogens is 3. The first-order valence-electron chi connectivity index (χ1n) is 7.29. The molecule has 0 aliphatic rings. The van der Waals surface area contributed by atoms with Gasteiger partial charge in [0.25, 0.3) is 0 Å². The largest absolute Gasteiger partial charge is 0.492 e. The van der Waals surface area contributed by atoms with Gasteiger partial charge in [0.1, 0.15) is 25.0 Å². The number of thioether (sulfide) groups is 1. The molecule has 0 radical (unpaired) electrons. The van der Waals surface area contributed by atoms with Crippen LogP contribution in [-0.2, 0) is 11.3 Å². The number of carbonyl (C=O) groups is 1. The highest BCUT2D eigenvalue weighted by Gasteiger charge is 2.13. The Morgan fingerprint density at radius 3 is 3.13 bits per heavy atom. The molecule has 0 fully saturated rings. The maximum atomic E-state index is 12.0. The van der Waals surface area contributed by atoms with Gasteiger partial charge in [0, 0.05) is 11.8 Å². The number of hydrogen-bond acceptors (Lipinski definition) is 6. The third-order valence-electron chi connectivity index (χ3n) is 3.13. The average Bonchev–Trinajstić information content (AvgIpc) is 3.06. The molecule has 3 N–H and O–H groups in total. The van der Waals surface area contributed by atoms with Gasteiger partial charge in [-0.1, -0.05) is 6.07 Å². The second-order valence-corrected chi connectivity index (χ2v) is 5.90. The molecule has 0 unspecified atom stereocenters. The number of nitrogens with zero attached hydrogens (tertiary/aromatic N) is 3. The van der Waals surface area contributed by atoms with E-state index < -0.39 is 6.04 Å². The summed E-state index contributed by atoms with van der Waals surface area (Å²) < 4.78 is 7.34. The Kier molecular flexibility index (Phi) is 6.89. The number of amides is 1. The summed E-state index contributed by atoms with van der Waals surface area (Å²) >= 11 is 1.67. The Morgan fingerprint density at radius 2 is 2.39 bits per heavy atom. The van der Waals surface area contributed by atoms with Crippen molar-refractivity contribution in [1.29, 1.82) is 0 Å². The minimum atomic E-state index is -0.501. The lowest BCUT2D eigenvalue weighted by atomic mass is 10.2. The maximum absolute atomic E-state index is 12.0. The zero-order valence-corrected chi connectivity index (χ0v) is 13.8. The molecule has 124 valence electrons. The van der Waals surface area contributed by atoms with Crippen molar-refractivity contribution in [3.05, 3.63) is 36.9 Å². The van der Waals surface area contributed by atoms with Crippen LogP contribution in [0.2, 0.25) is 0 Å². The van der Waals surface area contributed by atoms with Crippen molar-refractivity contribution >= 4 is 23.4 Å². The molecular weight excluding hydrogens is 314 g/mol. The van der Waals surface area contributed by atoms with Crippen LogP contribution in [-0.4, -0.2) is 45.3 Å². The topological polar surface area (TPSA) is 95.1 Å². The van der Waals surface area contributed by atoms with Crippen molar-refractivity contribution in [1.82, 2.24) is 14.8 Å². The van der Waals surface area contributed by atoms with Crippen LogP contribution < -0.4 is 15.8 Å². The van der Waals surface area contributed by atoms with Crippen molar-refractivity contribution in [2.45, 2.75) is 19.0 Å². The van der Waals surface area contributed by atoms with Gasteiger partial charge >= 0.3 is 0 Å². The fourth-order valence-electron chi connectivity index (χ4n) is 1.88. The summed E-state index contributed by atoms with van der Waals surface area (Å²) in [5, 5.41) is 6.82. The first-order valence-corrected chi connectivity index (χ1v) is 8.69. The lowest BCUT2D eigenvalue weighted by Crippen LogP contribution is -2.36. The summed E-state index contributed by atoms with van der Waals surface area (Å²) in [6, 6.07) is 6.75. The molecule has 0 bridgehead atoms. The minimum absolute atomic E-state index is 0.182. The highest BCUT2D eigenvalue weighted by atomic mass is 32.2. The van der Waals surface area contributed by atoms with Gasteiger partial charge in [-0.15, -0.1) is 0 Å². The third-order valence-corrected chi connectivity index (χ3v) is 3.77. The summed E-state index contributed by atoms with van der Waals surface area (Å²) in [6.07, 6.45) is 5.76. The Morgan fingerprint density at radius 1 is 1.52 bits per heavy atom. The Balaban J connectivity index is 1.82. The SMILES string of the molecule is CSCC[C@H](N)C(=O)Nc1cccc(OCCn2cncn2)c1. The monoisotopic (exact) mass is 335 g/mol. The van der Waals surface area contributed by atoms with Gasteiger partial charge in [-0.05, 0) is 30.6 Å². The molecule has 1 amide bonds. The first-order chi connectivity index (χ1) is 11.2. The number of rotatable bonds is 9. The predicted molar refractivity (Wildman–Crippen MR) is 91.6 cm³/mol. The van der Waals surface area contributed by atoms with Crippen LogP contribution in [0.25, 0.3) is 0 Å². The van der Waals surface area contributed by atoms with Crippen molar-refractivity contribution in [3.63, 3.8) is 0 Å². The Labute approximate surface area is 139 Å². The van der Waals surface area contributed by atoms with E-state index >= 15 is 0 Å². The van der Waals surface area contributed by atoms with Gasteiger partial charge in [0.05, 0.1) is 12.6 Å². The fourth-order valence-corrected chi connectivity index (χ4v) is 2.37. The van der Waals surface area contributed by atoms with E-state index in [1.807, 2.05) is 24.5 Å². The number of nitrogens with two attached hydrogens (primary N) is 1. The molecule has 0 spiro atoms. The molecule has 1 aromatic heterocycles. The molecule has 7 nitrogen and oxygen atoms in total. The first kappa shape index (κ1) is 17.3. The van der Waals surface area contributed by atoms with E-state index in [-0.39, 0.29) is 5.91 Å². The summed E-state index contributed by atoms with van der Waals surface area (Å²) in [5.74, 6) is 1.36. The minimum Gasteiger partial charge on any atom is -0.492 e. The van der Waals surface area contributed by atoms with Crippen LogP contribution >= 0.6 is 11.8 Å². The Bertz CT molecular complexity index is 606. The van der Waals surface area contributed by atoms with E-state index in [0.717, 1.165) is 5.75 Å². The van der Waals surface area contributed by atoms with Crippen LogP contribution in [0.1, 0.15) is 6.42 Å². The highest BCUT2D eigenvalue weighted by Crippen LogP contribution is 2.17. The van der Waals surface area contributed by atoms with Gasteiger partial charge < -0.3 is 15.8 Å². The number of anilines is 1. The molecule has 8 heteroatoms. The van der Waals surface area contributed by atoms with E-state index in [2.05, 4.69) is 15.4 Å². The average molecular weight is 335 g/mol.